The third-order valence-corrected chi connectivity index (χ3v) is 3.07. The number of rotatable bonds is 5. The maximum Gasteiger partial charge on any atom is 0.273 e. The van der Waals surface area contributed by atoms with Crippen LogP contribution >= 0.6 is 0 Å². The fourth-order valence-electron chi connectivity index (χ4n) is 2.13. The standard InChI is InChI=1S/C15H18N2O2/c1-3-4-9-17-14-8-6-5-7-12(14)16-13(15(17)19)10-11(2)18/h5-8H,3-4,9-10H2,1-2H3. The smallest absolute Gasteiger partial charge is 0.273 e. The second-order valence-electron chi connectivity index (χ2n) is 4.74. The zero-order valence-corrected chi connectivity index (χ0v) is 11.3. The molecule has 4 heteroatoms. The molecule has 1 aromatic carbocycles. The molecule has 1 heterocycles. The van der Waals surface area contributed by atoms with Gasteiger partial charge in [-0.25, -0.2) is 4.98 Å². The van der Waals surface area contributed by atoms with Crippen LogP contribution in [0.1, 0.15) is 32.4 Å². The van der Waals surface area contributed by atoms with Crippen LogP contribution in [-0.4, -0.2) is 15.3 Å². The molecular weight excluding hydrogens is 240 g/mol. The molecule has 0 saturated carbocycles. The summed E-state index contributed by atoms with van der Waals surface area (Å²) in [5.74, 6) is -0.0399. The van der Waals surface area contributed by atoms with Crippen molar-refractivity contribution < 1.29 is 4.79 Å². The van der Waals surface area contributed by atoms with Gasteiger partial charge in [-0.05, 0) is 25.5 Å². The molecule has 4 nitrogen and oxygen atoms in total. The largest absolute Gasteiger partial charge is 0.305 e. The van der Waals surface area contributed by atoms with Gasteiger partial charge >= 0.3 is 0 Å². The third kappa shape index (κ3) is 2.89. The fourth-order valence-corrected chi connectivity index (χ4v) is 2.13. The molecule has 0 radical (unpaired) electrons. The summed E-state index contributed by atoms with van der Waals surface area (Å²) in [5, 5.41) is 0. The Balaban J connectivity index is 2.62. The first-order valence-electron chi connectivity index (χ1n) is 6.61. The Hall–Kier alpha value is -1.97. The Morgan fingerprint density at radius 2 is 2.05 bits per heavy atom. The van der Waals surface area contributed by atoms with Crippen LogP contribution in [0.2, 0.25) is 0 Å². The SMILES string of the molecule is CCCCn1c(=O)c(CC(C)=O)nc2ccccc21. The van der Waals surface area contributed by atoms with Gasteiger partial charge in [-0.3, -0.25) is 9.59 Å². The van der Waals surface area contributed by atoms with E-state index in [0.29, 0.717) is 12.2 Å². The van der Waals surface area contributed by atoms with Crippen molar-refractivity contribution in [3.8, 4) is 0 Å². The van der Waals surface area contributed by atoms with Crippen molar-refractivity contribution in [1.29, 1.82) is 0 Å². The summed E-state index contributed by atoms with van der Waals surface area (Å²) >= 11 is 0. The van der Waals surface area contributed by atoms with Crippen LogP contribution in [-0.2, 0) is 17.8 Å². The van der Waals surface area contributed by atoms with Gasteiger partial charge in [0.1, 0.15) is 11.5 Å². The van der Waals surface area contributed by atoms with Crippen LogP contribution in [0, 0.1) is 0 Å². The highest BCUT2D eigenvalue weighted by Crippen LogP contribution is 2.11. The summed E-state index contributed by atoms with van der Waals surface area (Å²) in [5.41, 5.74) is 1.83. The van der Waals surface area contributed by atoms with Crippen molar-refractivity contribution in [2.24, 2.45) is 0 Å². The first-order chi connectivity index (χ1) is 9.13. The second-order valence-corrected chi connectivity index (χ2v) is 4.74. The van der Waals surface area contributed by atoms with Crippen LogP contribution in [0.15, 0.2) is 29.1 Å². The van der Waals surface area contributed by atoms with E-state index in [1.807, 2.05) is 24.3 Å². The molecule has 0 atom stereocenters. The lowest BCUT2D eigenvalue weighted by molar-refractivity contribution is -0.116. The van der Waals surface area contributed by atoms with Gasteiger partial charge in [-0.15, -0.1) is 0 Å². The number of benzene rings is 1. The normalized spacial score (nSPS) is 10.8. The van der Waals surface area contributed by atoms with Gasteiger partial charge < -0.3 is 4.57 Å². The van der Waals surface area contributed by atoms with E-state index in [4.69, 9.17) is 0 Å². The summed E-state index contributed by atoms with van der Waals surface area (Å²) in [6.07, 6.45) is 2.06. The summed E-state index contributed by atoms with van der Waals surface area (Å²) in [6, 6.07) is 7.57. The van der Waals surface area contributed by atoms with Gasteiger partial charge in [-0.2, -0.15) is 0 Å². The lowest BCUT2D eigenvalue weighted by Crippen LogP contribution is -2.27. The first-order valence-corrected chi connectivity index (χ1v) is 6.61. The maximum absolute atomic E-state index is 12.4. The molecular formula is C15H18N2O2. The Labute approximate surface area is 112 Å². The number of ketones is 1. The molecule has 2 rings (SSSR count). The van der Waals surface area contributed by atoms with E-state index in [1.54, 1.807) is 4.57 Å². The van der Waals surface area contributed by atoms with Crippen LogP contribution in [0.5, 0.6) is 0 Å². The predicted octanol–water partition coefficient (Wildman–Crippen LogP) is 2.33. The Kier molecular flexibility index (Phi) is 4.10. The van der Waals surface area contributed by atoms with Gasteiger partial charge in [0.05, 0.1) is 17.5 Å². The van der Waals surface area contributed by atoms with Crippen LogP contribution in [0.4, 0.5) is 0 Å². The van der Waals surface area contributed by atoms with Crippen molar-refractivity contribution in [3.05, 3.63) is 40.3 Å². The van der Waals surface area contributed by atoms with Crippen molar-refractivity contribution >= 4 is 16.8 Å². The summed E-state index contributed by atoms with van der Waals surface area (Å²) in [4.78, 5) is 27.9. The molecule has 0 aliphatic carbocycles. The molecule has 100 valence electrons. The lowest BCUT2D eigenvalue weighted by Gasteiger charge is -2.11. The van der Waals surface area contributed by atoms with E-state index in [1.165, 1.54) is 6.92 Å². The molecule has 2 aromatic rings. The monoisotopic (exact) mass is 258 g/mol. The van der Waals surface area contributed by atoms with E-state index in [-0.39, 0.29) is 17.8 Å². The van der Waals surface area contributed by atoms with Crippen molar-refractivity contribution in [1.82, 2.24) is 9.55 Å². The quantitative estimate of drug-likeness (QED) is 0.827. The van der Waals surface area contributed by atoms with E-state index in [2.05, 4.69) is 11.9 Å². The molecule has 0 amide bonds. The van der Waals surface area contributed by atoms with Crippen LogP contribution < -0.4 is 5.56 Å². The number of unbranched alkanes of at least 4 members (excludes halogenated alkanes) is 1. The van der Waals surface area contributed by atoms with Gasteiger partial charge in [0.15, 0.2) is 0 Å². The van der Waals surface area contributed by atoms with Crippen LogP contribution in [0.3, 0.4) is 0 Å². The maximum atomic E-state index is 12.4. The van der Waals surface area contributed by atoms with E-state index >= 15 is 0 Å². The first kappa shape index (κ1) is 13.5. The molecule has 0 bridgehead atoms. The molecule has 0 unspecified atom stereocenters. The number of carbonyl (C=O) groups is 1. The molecule has 1 aromatic heterocycles. The predicted molar refractivity (Wildman–Crippen MR) is 75.3 cm³/mol. The van der Waals surface area contributed by atoms with Gasteiger partial charge in [0.25, 0.3) is 5.56 Å². The number of carbonyl (C=O) groups excluding carboxylic acids is 1. The molecule has 0 saturated heterocycles. The number of nitrogens with zero attached hydrogens (tertiary/aromatic N) is 2. The summed E-state index contributed by atoms with van der Waals surface area (Å²) in [7, 11) is 0. The Morgan fingerprint density at radius 1 is 1.32 bits per heavy atom. The van der Waals surface area contributed by atoms with E-state index in [0.717, 1.165) is 23.9 Å². The minimum absolute atomic E-state index is 0.0399. The highest BCUT2D eigenvalue weighted by Gasteiger charge is 2.11. The van der Waals surface area contributed by atoms with E-state index in [9.17, 15) is 9.59 Å². The number of hydrogen-bond acceptors (Lipinski definition) is 3. The van der Waals surface area contributed by atoms with Gasteiger partial charge in [0, 0.05) is 6.54 Å². The van der Waals surface area contributed by atoms with Crippen molar-refractivity contribution in [3.63, 3.8) is 0 Å². The topological polar surface area (TPSA) is 52.0 Å². The zero-order valence-electron chi connectivity index (χ0n) is 11.3. The number of hydrogen-bond donors (Lipinski definition) is 0. The number of para-hydroxylation sites is 2. The van der Waals surface area contributed by atoms with Crippen molar-refractivity contribution in [2.75, 3.05) is 0 Å². The molecule has 0 aliphatic heterocycles. The Bertz CT molecular complexity index is 659. The molecule has 0 N–H and O–H groups in total. The molecule has 0 aliphatic rings. The lowest BCUT2D eigenvalue weighted by atomic mass is 10.2. The second kappa shape index (κ2) is 5.78. The van der Waals surface area contributed by atoms with Gasteiger partial charge in [0.2, 0.25) is 0 Å². The zero-order chi connectivity index (χ0) is 13.8. The summed E-state index contributed by atoms with van der Waals surface area (Å²) in [6.45, 7) is 4.24. The summed E-state index contributed by atoms with van der Waals surface area (Å²) < 4.78 is 1.74. The molecule has 0 spiro atoms. The highest BCUT2D eigenvalue weighted by atomic mass is 16.1. The minimum Gasteiger partial charge on any atom is -0.305 e. The number of aromatic nitrogens is 2. The number of fused-ring (bicyclic) bond motifs is 1. The molecule has 0 fully saturated rings. The average molecular weight is 258 g/mol. The fraction of sp³-hybridized carbons (Fsp3) is 0.400. The minimum atomic E-state index is -0.137. The van der Waals surface area contributed by atoms with E-state index < -0.39 is 0 Å². The third-order valence-electron chi connectivity index (χ3n) is 3.07. The highest BCUT2D eigenvalue weighted by molar-refractivity contribution is 5.79. The number of aryl methyl sites for hydroxylation is 1. The van der Waals surface area contributed by atoms with Crippen molar-refractivity contribution in [2.45, 2.75) is 39.7 Å². The molecule has 19 heavy (non-hydrogen) atoms. The van der Waals surface area contributed by atoms with Crippen LogP contribution in [0.25, 0.3) is 11.0 Å². The Morgan fingerprint density at radius 3 is 2.74 bits per heavy atom. The average Bonchev–Trinajstić information content (AvgIpc) is 2.38. The van der Waals surface area contributed by atoms with Gasteiger partial charge in [-0.1, -0.05) is 25.5 Å². The number of Topliss-reactive ketones (excluding diaryl/α,β-unsaturated/α-hetero) is 1.